The third-order valence-corrected chi connectivity index (χ3v) is 5.96. The van der Waals surface area contributed by atoms with E-state index in [-0.39, 0.29) is 18.5 Å². The number of carboxylic acid groups (broad SMARTS) is 1. The van der Waals surface area contributed by atoms with Gasteiger partial charge in [0.2, 0.25) is 0 Å². The Morgan fingerprint density at radius 1 is 1.13 bits per heavy atom. The van der Waals surface area contributed by atoms with Crippen LogP contribution < -0.4 is 4.90 Å². The number of nitrogens with zero attached hydrogens (tertiary/aromatic N) is 3. The summed E-state index contributed by atoms with van der Waals surface area (Å²) in [5.74, 6) is -0.834. The van der Waals surface area contributed by atoms with Gasteiger partial charge >= 0.3 is 5.97 Å². The normalized spacial score (nSPS) is 17.1. The molecular weight excluding hydrogens is 378 g/mol. The van der Waals surface area contributed by atoms with Crippen LogP contribution in [-0.2, 0) is 11.2 Å². The molecular formula is C24H25N3O3. The van der Waals surface area contributed by atoms with E-state index in [9.17, 15) is 9.70 Å². The van der Waals surface area contributed by atoms with Crippen molar-refractivity contribution in [3.8, 4) is 0 Å². The Bertz CT molecular complexity index is 1050. The summed E-state index contributed by atoms with van der Waals surface area (Å²) in [4.78, 5) is 24.9. The van der Waals surface area contributed by atoms with Crippen LogP contribution in [0.1, 0.15) is 30.5 Å². The van der Waals surface area contributed by atoms with Crippen molar-refractivity contribution < 1.29 is 9.90 Å². The molecule has 0 amide bonds. The Kier molecular flexibility index (Phi) is 5.65. The van der Waals surface area contributed by atoms with Crippen LogP contribution in [0.4, 0.5) is 5.69 Å². The fraction of sp³-hybridized carbons (Fsp3) is 0.292. The minimum absolute atomic E-state index is 0.0221. The predicted molar refractivity (Wildman–Crippen MR) is 118 cm³/mol. The van der Waals surface area contributed by atoms with Gasteiger partial charge in [-0.1, -0.05) is 54.6 Å². The van der Waals surface area contributed by atoms with Crippen molar-refractivity contribution in [3.63, 3.8) is 0 Å². The molecule has 1 aliphatic rings. The molecule has 1 heterocycles. The maximum atomic E-state index is 11.8. The van der Waals surface area contributed by atoms with Crippen LogP contribution in [0.15, 0.2) is 72.0 Å². The number of nitroso groups, excluding NO2 is 1. The van der Waals surface area contributed by atoms with E-state index in [4.69, 9.17) is 5.11 Å². The number of carboxylic acids is 1. The first-order valence-corrected chi connectivity index (χ1v) is 10.2. The van der Waals surface area contributed by atoms with Gasteiger partial charge in [-0.2, -0.15) is 0 Å². The van der Waals surface area contributed by atoms with Gasteiger partial charge in [0, 0.05) is 18.8 Å². The van der Waals surface area contributed by atoms with Crippen LogP contribution in [0.25, 0.3) is 10.8 Å². The van der Waals surface area contributed by atoms with Gasteiger partial charge in [-0.15, -0.1) is 4.91 Å². The van der Waals surface area contributed by atoms with Gasteiger partial charge < -0.3 is 10.0 Å². The lowest BCUT2D eigenvalue weighted by molar-refractivity contribution is -0.136. The molecule has 0 radical (unpaired) electrons. The van der Waals surface area contributed by atoms with E-state index >= 15 is 0 Å². The van der Waals surface area contributed by atoms with Crippen LogP contribution >= 0.6 is 0 Å². The first kappa shape index (κ1) is 19.9. The molecule has 3 aromatic rings. The number of carbonyl (C=O) groups is 1. The zero-order valence-corrected chi connectivity index (χ0v) is 16.9. The number of hydrogen-bond acceptors (Lipinski definition) is 4. The summed E-state index contributed by atoms with van der Waals surface area (Å²) in [5.41, 5.74) is 2.92. The minimum Gasteiger partial charge on any atom is -0.481 e. The molecule has 0 saturated carbocycles. The van der Waals surface area contributed by atoms with E-state index in [2.05, 4.69) is 34.5 Å². The highest BCUT2D eigenvalue weighted by Crippen LogP contribution is 2.33. The molecule has 4 rings (SSSR count). The molecule has 6 heteroatoms. The highest BCUT2D eigenvalue weighted by Gasteiger charge is 2.32. The second kappa shape index (κ2) is 8.53. The monoisotopic (exact) mass is 403 g/mol. The van der Waals surface area contributed by atoms with E-state index in [1.807, 2.05) is 49.4 Å². The number of anilines is 1. The lowest BCUT2D eigenvalue weighted by Gasteiger charge is -2.30. The van der Waals surface area contributed by atoms with E-state index in [1.165, 1.54) is 0 Å². The number of hydrogen-bond donors (Lipinski definition) is 1. The van der Waals surface area contributed by atoms with Crippen molar-refractivity contribution in [3.05, 3.63) is 82.8 Å². The van der Waals surface area contributed by atoms with Gasteiger partial charge in [0.1, 0.15) is 0 Å². The van der Waals surface area contributed by atoms with E-state index in [1.54, 1.807) is 5.01 Å². The highest BCUT2D eigenvalue weighted by atomic mass is 16.4. The van der Waals surface area contributed by atoms with Crippen molar-refractivity contribution in [2.45, 2.75) is 31.8 Å². The maximum absolute atomic E-state index is 11.8. The Morgan fingerprint density at radius 3 is 2.60 bits per heavy atom. The largest absolute Gasteiger partial charge is 0.481 e. The number of benzene rings is 3. The first-order valence-electron chi connectivity index (χ1n) is 10.2. The second-order valence-electron chi connectivity index (χ2n) is 7.83. The summed E-state index contributed by atoms with van der Waals surface area (Å²) in [7, 11) is 0. The van der Waals surface area contributed by atoms with Crippen molar-refractivity contribution in [1.29, 1.82) is 0 Å². The third kappa shape index (κ3) is 3.99. The predicted octanol–water partition coefficient (Wildman–Crippen LogP) is 4.79. The molecule has 154 valence electrons. The molecule has 1 saturated heterocycles. The summed E-state index contributed by atoms with van der Waals surface area (Å²) >= 11 is 0. The number of aliphatic carboxylic acids is 1. The fourth-order valence-electron chi connectivity index (χ4n) is 4.40. The standard InChI is InChI=1S/C24H25N3O3/c1-17(22-8-4-6-19-5-2-3-7-23(19)22)27(25-30)21-13-14-26(16-21)20-11-9-18(10-12-20)15-24(28)29/h2-12,17,21H,13-16H2,1H3,(H,28,29)/t17-,21+/m1/s1. The average molecular weight is 403 g/mol. The van der Waals surface area contributed by atoms with Crippen LogP contribution in [0.2, 0.25) is 0 Å². The van der Waals surface area contributed by atoms with Crippen molar-refractivity contribution >= 4 is 22.4 Å². The lowest BCUT2D eigenvalue weighted by Crippen LogP contribution is -2.35. The Labute approximate surface area is 175 Å². The molecule has 0 aromatic heterocycles. The number of fused-ring (bicyclic) bond motifs is 1. The van der Waals surface area contributed by atoms with Gasteiger partial charge in [0.25, 0.3) is 0 Å². The van der Waals surface area contributed by atoms with Gasteiger partial charge in [0.15, 0.2) is 0 Å². The summed E-state index contributed by atoms with van der Waals surface area (Å²) in [5, 5.41) is 16.3. The van der Waals surface area contributed by atoms with Gasteiger partial charge in [-0.05, 0) is 47.4 Å². The topological polar surface area (TPSA) is 73.2 Å². The summed E-state index contributed by atoms with van der Waals surface area (Å²) in [6.45, 7) is 3.57. The van der Waals surface area contributed by atoms with Crippen LogP contribution in [-0.4, -0.2) is 35.2 Å². The highest BCUT2D eigenvalue weighted by molar-refractivity contribution is 5.86. The average Bonchev–Trinajstić information content (AvgIpc) is 3.23. The number of rotatable bonds is 7. The van der Waals surface area contributed by atoms with Crippen molar-refractivity contribution in [2.75, 3.05) is 18.0 Å². The summed E-state index contributed by atoms with van der Waals surface area (Å²) in [6.07, 6.45) is 0.867. The molecule has 0 spiro atoms. The van der Waals surface area contributed by atoms with Gasteiger partial charge in [-0.25, -0.2) is 5.01 Å². The molecule has 0 aliphatic carbocycles. The SMILES string of the molecule is C[C@H](c1cccc2ccccc12)N(N=O)[C@H]1CCN(c2ccc(CC(=O)O)cc2)C1. The Hall–Kier alpha value is -3.41. The van der Waals surface area contributed by atoms with Crippen LogP contribution in [0, 0.1) is 4.91 Å². The third-order valence-electron chi connectivity index (χ3n) is 5.96. The Morgan fingerprint density at radius 2 is 1.87 bits per heavy atom. The molecule has 1 N–H and O–H groups in total. The molecule has 3 aromatic carbocycles. The fourth-order valence-corrected chi connectivity index (χ4v) is 4.40. The minimum atomic E-state index is -0.834. The smallest absolute Gasteiger partial charge is 0.307 e. The lowest BCUT2D eigenvalue weighted by atomic mass is 9.98. The van der Waals surface area contributed by atoms with Crippen molar-refractivity contribution in [2.24, 2.45) is 5.29 Å². The molecule has 0 unspecified atom stereocenters. The summed E-state index contributed by atoms with van der Waals surface area (Å²) < 4.78 is 0. The van der Waals surface area contributed by atoms with E-state index < -0.39 is 5.97 Å². The zero-order chi connectivity index (χ0) is 21.1. The molecule has 6 nitrogen and oxygen atoms in total. The zero-order valence-electron chi connectivity index (χ0n) is 16.9. The molecule has 30 heavy (non-hydrogen) atoms. The molecule has 1 fully saturated rings. The molecule has 1 aliphatic heterocycles. The van der Waals surface area contributed by atoms with E-state index in [0.29, 0.717) is 6.54 Å². The van der Waals surface area contributed by atoms with Crippen LogP contribution in [0.3, 0.4) is 0 Å². The first-order chi connectivity index (χ1) is 14.6. The quantitative estimate of drug-likeness (QED) is 0.454. The second-order valence-corrected chi connectivity index (χ2v) is 7.83. The Balaban J connectivity index is 1.50. The summed E-state index contributed by atoms with van der Waals surface area (Å²) in [6, 6.07) is 21.9. The van der Waals surface area contributed by atoms with Gasteiger partial charge in [-0.3, -0.25) is 4.79 Å². The van der Waals surface area contributed by atoms with Crippen LogP contribution in [0.5, 0.6) is 0 Å². The van der Waals surface area contributed by atoms with Gasteiger partial charge in [0.05, 0.1) is 23.8 Å². The molecule has 0 bridgehead atoms. The van der Waals surface area contributed by atoms with Crippen molar-refractivity contribution in [1.82, 2.24) is 5.01 Å². The maximum Gasteiger partial charge on any atom is 0.307 e. The molecule has 2 atom stereocenters. The van der Waals surface area contributed by atoms with E-state index in [0.717, 1.165) is 40.6 Å².